The van der Waals surface area contributed by atoms with Gasteiger partial charge in [-0.25, -0.2) is 4.40 Å². The molecule has 1 aliphatic rings. The Kier molecular flexibility index (Phi) is 4.84. The fourth-order valence-electron chi connectivity index (χ4n) is 0.234. The summed E-state index contributed by atoms with van der Waals surface area (Å²) in [6.07, 6.45) is 1.35. The molecule has 0 aliphatic carbocycles. The highest BCUT2D eigenvalue weighted by atomic mass is 32.2. The Morgan fingerprint density at radius 2 is 2.20 bits per heavy atom. The Labute approximate surface area is 64.0 Å². The number of carbonyl (C=O) groups is 2. The first-order chi connectivity index (χ1) is 4.63. The van der Waals surface area contributed by atoms with E-state index in [4.69, 9.17) is 0 Å². The van der Waals surface area contributed by atoms with Crippen molar-refractivity contribution >= 4 is 29.7 Å². The molecule has 0 aromatic rings. The zero-order valence-electron chi connectivity index (χ0n) is 5.96. The molecule has 0 atom stereocenters. The molecule has 0 saturated carbocycles. The van der Waals surface area contributed by atoms with Crippen LogP contribution in [0.25, 0.3) is 0 Å². The third-order valence-corrected chi connectivity index (χ3v) is 1.15. The lowest BCUT2D eigenvalue weighted by atomic mass is 10.5. The summed E-state index contributed by atoms with van der Waals surface area (Å²) in [6, 6.07) is 0. The van der Waals surface area contributed by atoms with Gasteiger partial charge in [0.2, 0.25) is 0 Å². The molecule has 1 heterocycles. The molecule has 0 aromatic heterocycles. The van der Waals surface area contributed by atoms with Crippen LogP contribution in [0.15, 0.2) is 4.40 Å². The zero-order valence-corrected chi connectivity index (χ0v) is 6.77. The summed E-state index contributed by atoms with van der Waals surface area (Å²) in [5, 5.41) is 0. The number of Topliss-reactive ketones (excluding diaryl/α,β-unsaturated/α-hetero) is 2. The molecule has 56 valence electrons. The van der Waals surface area contributed by atoms with Crippen LogP contribution in [0.1, 0.15) is 13.8 Å². The monoisotopic (exact) mass is 159 g/mol. The van der Waals surface area contributed by atoms with E-state index in [0.717, 1.165) is 0 Å². The second kappa shape index (κ2) is 5.17. The Hall–Kier alpha value is -0.640. The van der Waals surface area contributed by atoms with Gasteiger partial charge in [-0.3, -0.25) is 4.79 Å². The average molecular weight is 159 g/mol. The van der Waals surface area contributed by atoms with Crippen LogP contribution in [0, 0.1) is 0 Å². The maximum absolute atomic E-state index is 10.1. The van der Waals surface area contributed by atoms with Gasteiger partial charge in [-0.05, 0) is 25.8 Å². The van der Waals surface area contributed by atoms with Crippen molar-refractivity contribution in [3.63, 3.8) is 0 Å². The van der Waals surface area contributed by atoms with Gasteiger partial charge in [-0.1, -0.05) is 0 Å². The Morgan fingerprint density at radius 3 is 2.30 bits per heavy atom. The van der Waals surface area contributed by atoms with E-state index in [0.29, 0.717) is 5.75 Å². The van der Waals surface area contributed by atoms with E-state index in [1.807, 2.05) is 0 Å². The van der Waals surface area contributed by atoms with Crippen LogP contribution in [0.2, 0.25) is 0 Å². The Morgan fingerprint density at radius 1 is 1.70 bits per heavy atom. The van der Waals surface area contributed by atoms with Gasteiger partial charge >= 0.3 is 0 Å². The summed E-state index contributed by atoms with van der Waals surface area (Å²) in [7, 11) is 0. The minimum Gasteiger partial charge on any atom is -0.300 e. The maximum Gasteiger partial charge on any atom is 0.186 e. The van der Waals surface area contributed by atoms with E-state index in [9.17, 15) is 9.59 Å². The molecule has 0 unspecified atom stereocenters. The summed E-state index contributed by atoms with van der Waals surface area (Å²) in [6.45, 7) is 3.06. The van der Waals surface area contributed by atoms with Crippen molar-refractivity contribution in [1.82, 2.24) is 0 Å². The van der Waals surface area contributed by atoms with E-state index in [2.05, 4.69) is 4.40 Å². The second-order valence-electron chi connectivity index (χ2n) is 1.88. The standard InChI is InChI=1S/C3H3NOS.C3H6O/c5-3-1-4-6-2-3;1-3(2)4/h1H,2H2;1-2H3. The zero-order chi connectivity index (χ0) is 7.98. The lowest BCUT2D eigenvalue weighted by Gasteiger charge is -1.67. The SMILES string of the molecule is CC(C)=O.O=C1C=NSC1. The minimum absolute atomic E-state index is 0.125. The number of hydrogen-bond acceptors (Lipinski definition) is 4. The van der Waals surface area contributed by atoms with Crippen LogP contribution in [0.4, 0.5) is 0 Å². The van der Waals surface area contributed by atoms with Crippen LogP contribution < -0.4 is 0 Å². The number of nitrogens with zero attached hydrogens (tertiary/aromatic N) is 1. The van der Waals surface area contributed by atoms with Gasteiger partial charge in [0.1, 0.15) is 5.78 Å². The van der Waals surface area contributed by atoms with Crippen molar-refractivity contribution in [2.45, 2.75) is 13.8 Å². The van der Waals surface area contributed by atoms with Gasteiger partial charge in [-0.15, -0.1) is 0 Å². The molecule has 10 heavy (non-hydrogen) atoms. The normalized spacial score (nSPS) is 14.4. The van der Waals surface area contributed by atoms with E-state index >= 15 is 0 Å². The van der Waals surface area contributed by atoms with Crippen LogP contribution in [0.5, 0.6) is 0 Å². The third kappa shape index (κ3) is 7.36. The molecule has 0 amide bonds. The lowest BCUT2D eigenvalue weighted by Crippen LogP contribution is -1.93. The van der Waals surface area contributed by atoms with Crippen molar-refractivity contribution in [3.8, 4) is 0 Å². The van der Waals surface area contributed by atoms with Crippen LogP contribution >= 0.6 is 11.9 Å². The molecule has 0 aromatic carbocycles. The first-order valence-corrected chi connectivity index (χ1v) is 3.72. The first kappa shape index (κ1) is 9.36. The molecule has 0 saturated heterocycles. The Bertz CT molecular complexity index is 161. The lowest BCUT2D eigenvalue weighted by molar-refractivity contribution is -0.115. The number of hydrogen-bond donors (Lipinski definition) is 0. The minimum atomic E-state index is 0.125. The summed E-state index contributed by atoms with van der Waals surface area (Å²) >= 11 is 1.30. The van der Waals surface area contributed by atoms with Gasteiger partial charge in [0, 0.05) is 0 Å². The molecule has 3 nitrogen and oxygen atoms in total. The van der Waals surface area contributed by atoms with Gasteiger partial charge in [-0.2, -0.15) is 0 Å². The largest absolute Gasteiger partial charge is 0.300 e. The molecular formula is C6H9NO2S. The fraction of sp³-hybridized carbons (Fsp3) is 0.500. The third-order valence-electron chi connectivity index (χ3n) is 0.478. The average Bonchev–Trinajstić information content (AvgIpc) is 2.15. The van der Waals surface area contributed by atoms with E-state index in [1.165, 1.54) is 32.0 Å². The first-order valence-electron chi connectivity index (χ1n) is 2.78. The van der Waals surface area contributed by atoms with E-state index in [1.54, 1.807) is 0 Å². The maximum atomic E-state index is 10.1. The highest BCUT2D eigenvalue weighted by molar-refractivity contribution is 7.99. The topological polar surface area (TPSA) is 46.5 Å². The van der Waals surface area contributed by atoms with E-state index in [-0.39, 0.29) is 11.6 Å². The van der Waals surface area contributed by atoms with Gasteiger partial charge in [0.25, 0.3) is 0 Å². The molecular weight excluding hydrogens is 150 g/mol. The number of rotatable bonds is 0. The summed E-state index contributed by atoms with van der Waals surface area (Å²) in [5.41, 5.74) is 0. The molecule has 1 rings (SSSR count). The van der Waals surface area contributed by atoms with E-state index < -0.39 is 0 Å². The van der Waals surface area contributed by atoms with Crippen LogP contribution in [-0.4, -0.2) is 23.5 Å². The molecule has 4 heteroatoms. The van der Waals surface area contributed by atoms with Crippen molar-refractivity contribution in [1.29, 1.82) is 0 Å². The number of ketones is 2. The molecule has 1 aliphatic heterocycles. The Balaban J connectivity index is 0.000000180. The quantitative estimate of drug-likeness (QED) is 0.493. The summed E-state index contributed by atoms with van der Waals surface area (Å²) in [4.78, 5) is 19.5. The predicted molar refractivity (Wildman–Crippen MR) is 42.3 cm³/mol. The van der Waals surface area contributed by atoms with Crippen molar-refractivity contribution in [2.24, 2.45) is 4.40 Å². The smallest absolute Gasteiger partial charge is 0.186 e. The summed E-state index contributed by atoms with van der Waals surface area (Å²) in [5.74, 6) is 0.833. The fourth-order valence-corrected chi connectivity index (χ4v) is 0.703. The molecule has 0 spiro atoms. The molecule has 0 fully saturated rings. The van der Waals surface area contributed by atoms with Gasteiger partial charge < -0.3 is 4.79 Å². The highest BCUT2D eigenvalue weighted by Gasteiger charge is 2.01. The van der Waals surface area contributed by atoms with Gasteiger partial charge in [0.15, 0.2) is 5.78 Å². The number of carbonyl (C=O) groups excluding carboxylic acids is 2. The highest BCUT2D eigenvalue weighted by Crippen LogP contribution is 2.05. The van der Waals surface area contributed by atoms with Crippen LogP contribution in [0.3, 0.4) is 0 Å². The van der Waals surface area contributed by atoms with Crippen molar-refractivity contribution in [3.05, 3.63) is 0 Å². The van der Waals surface area contributed by atoms with Crippen LogP contribution in [-0.2, 0) is 9.59 Å². The molecule has 0 bridgehead atoms. The van der Waals surface area contributed by atoms with Crippen molar-refractivity contribution < 1.29 is 9.59 Å². The van der Waals surface area contributed by atoms with Crippen molar-refractivity contribution in [2.75, 3.05) is 5.75 Å². The molecule has 0 N–H and O–H groups in total. The molecule has 0 radical (unpaired) electrons. The van der Waals surface area contributed by atoms with Gasteiger partial charge in [0.05, 0.1) is 12.0 Å². The second-order valence-corrected chi connectivity index (χ2v) is 2.64. The predicted octanol–water partition coefficient (Wildman–Crippen LogP) is 0.883. The summed E-state index contributed by atoms with van der Waals surface area (Å²) < 4.78 is 3.61.